The SMILES string of the molecule is COc1ccc(C(C)(C)C)cc1/C(O)=C1\C(=O)C(=O)N(c2ccc(F)cc2)C1c1ccccc1C. The molecule has 0 aliphatic carbocycles. The summed E-state index contributed by atoms with van der Waals surface area (Å²) in [5.74, 6) is -2.00. The van der Waals surface area contributed by atoms with E-state index in [2.05, 4.69) is 0 Å². The lowest BCUT2D eigenvalue weighted by Gasteiger charge is -2.27. The summed E-state index contributed by atoms with van der Waals surface area (Å²) in [5, 5.41) is 11.6. The van der Waals surface area contributed by atoms with Gasteiger partial charge in [0, 0.05) is 5.69 Å². The normalized spacial score (nSPS) is 17.7. The maximum absolute atomic E-state index is 13.6. The molecule has 3 aromatic carbocycles. The van der Waals surface area contributed by atoms with Crippen molar-refractivity contribution < 1.29 is 23.8 Å². The number of aryl methyl sites for hydroxylation is 1. The Morgan fingerprint density at radius 1 is 1.00 bits per heavy atom. The van der Waals surface area contributed by atoms with Crippen molar-refractivity contribution in [3.05, 3.63) is 100 Å². The van der Waals surface area contributed by atoms with Crippen LogP contribution in [0.3, 0.4) is 0 Å². The molecule has 35 heavy (non-hydrogen) atoms. The Morgan fingerprint density at radius 3 is 2.26 bits per heavy atom. The number of benzene rings is 3. The summed E-state index contributed by atoms with van der Waals surface area (Å²) in [6.07, 6.45) is 0. The number of halogens is 1. The number of aliphatic hydroxyl groups is 1. The van der Waals surface area contributed by atoms with E-state index in [1.165, 1.54) is 36.3 Å². The number of nitrogens with zero attached hydrogens (tertiary/aromatic N) is 1. The Bertz CT molecular complexity index is 1340. The quantitative estimate of drug-likeness (QED) is 0.284. The first-order valence-electron chi connectivity index (χ1n) is 11.4. The van der Waals surface area contributed by atoms with Crippen LogP contribution >= 0.6 is 0 Å². The highest BCUT2D eigenvalue weighted by molar-refractivity contribution is 6.51. The van der Waals surface area contributed by atoms with E-state index in [4.69, 9.17) is 4.74 Å². The van der Waals surface area contributed by atoms with Gasteiger partial charge in [-0.25, -0.2) is 4.39 Å². The third kappa shape index (κ3) is 4.32. The number of ketones is 1. The van der Waals surface area contributed by atoms with Crippen LogP contribution < -0.4 is 9.64 Å². The topological polar surface area (TPSA) is 66.8 Å². The van der Waals surface area contributed by atoms with Gasteiger partial charge in [-0.15, -0.1) is 0 Å². The summed E-state index contributed by atoms with van der Waals surface area (Å²) in [4.78, 5) is 28.1. The molecule has 0 bridgehead atoms. The number of amides is 1. The molecule has 180 valence electrons. The Hall–Kier alpha value is -3.93. The van der Waals surface area contributed by atoms with E-state index in [1.807, 2.05) is 58.0 Å². The van der Waals surface area contributed by atoms with Crippen LogP contribution in [0.15, 0.2) is 72.3 Å². The van der Waals surface area contributed by atoms with E-state index >= 15 is 0 Å². The summed E-state index contributed by atoms with van der Waals surface area (Å²) < 4.78 is 19.1. The third-order valence-corrected chi connectivity index (χ3v) is 6.35. The Kier molecular flexibility index (Phi) is 6.24. The van der Waals surface area contributed by atoms with E-state index < -0.39 is 23.5 Å². The van der Waals surface area contributed by atoms with E-state index in [0.717, 1.165) is 11.1 Å². The highest BCUT2D eigenvalue weighted by Gasteiger charge is 2.47. The van der Waals surface area contributed by atoms with E-state index in [0.29, 0.717) is 22.6 Å². The average molecular weight is 474 g/mol. The molecule has 1 atom stereocenters. The van der Waals surface area contributed by atoms with Crippen LogP contribution in [0.1, 0.15) is 49.1 Å². The van der Waals surface area contributed by atoms with Gasteiger partial charge < -0.3 is 9.84 Å². The minimum Gasteiger partial charge on any atom is -0.507 e. The number of rotatable bonds is 4. The number of anilines is 1. The van der Waals surface area contributed by atoms with Gasteiger partial charge in [-0.1, -0.05) is 51.1 Å². The summed E-state index contributed by atoms with van der Waals surface area (Å²) in [6.45, 7) is 8.00. The molecule has 0 radical (unpaired) electrons. The second-order valence-electron chi connectivity index (χ2n) is 9.67. The minimum absolute atomic E-state index is 0.0435. The van der Waals surface area contributed by atoms with Gasteiger partial charge in [0.15, 0.2) is 0 Å². The predicted molar refractivity (Wildman–Crippen MR) is 134 cm³/mol. The molecule has 1 fully saturated rings. The van der Waals surface area contributed by atoms with Gasteiger partial charge in [0.25, 0.3) is 11.7 Å². The number of carbonyl (C=O) groups excluding carboxylic acids is 2. The van der Waals surface area contributed by atoms with Crippen LogP contribution in [0.25, 0.3) is 5.76 Å². The summed E-state index contributed by atoms with van der Waals surface area (Å²) in [5.41, 5.74) is 2.87. The standard InChI is InChI=1S/C29H28FNO4/c1-17-8-6-7-9-21(17)25-24(27(33)28(34)31(25)20-13-11-19(30)12-14-20)26(32)22-16-18(29(2,3)4)10-15-23(22)35-5/h6-16,25,32H,1-5H3/b26-24+. The lowest BCUT2D eigenvalue weighted by atomic mass is 9.85. The molecule has 5 nitrogen and oxygen atoms in total. The first-order chi connectivity index (χ1) is 16.5. The number of hydrogen-bond donors (Lipinski definition) is 1. The molecule has 6 heteroatoms. The van der Waals surface area contributed by atoms with Crippen molar-refractivity contribution >= 4 is 23.1 Å². The largest absolute Gasteiger partial charge is 0.507 e. The second kappa shape index (κ2) is 9.02. The van der Waals surface area contributed by atoms with Crippen LogP contribution in [0.2, 0.25) is 0 Å². The molecule has 1 aliphatic rings. The molecule has 1 N–H and O–H groups in total. The third-order valence-electron chi connectivity index (χ3n) is 6.35. The van der Waals surface area contributed by atoms with Crippen LogP contribution in [-0.2, 0) is 15.0 Å². The lowest BCUT2D eigenvalue weighted by Crippen LogP contribution is -2.29. The van der Waals surface area contributed by atoms with Crippen molar-refractivity contribution in [1.29, 1.82) is 0 Å². The van der Waals surface area contributed by atoms with Crippen molar-refractivity contribution in [1.82, 2.24) is 0 Å². The molecule has 1 heterocycles. The maximum atomic E-state index is 13.6. The number of hydrogen-bond acceptors (Lipinski definition) is 4. The van der Waals surface area contributed by atoms with Crippen LogP contribution in [0, 0.1) is 12.7 Å². The van der Waals surface area contributed by atoms with Gasteiger partial charge in [0.1, 0.15) is 17.3 Å². The van der Waals surface area contributed by atoms with Gasteiger partial charge >= 0.3 is 0 Å². The number of methoxy groups -OCH3 is 1. The molecule has 3 aromatic rings. The van der Waals surface area contributed by atoms with Crippen LogP contribution in [-0.4, -0.2) is 23.9 Å². The van der Waals surface area contributed by atoms with E-state index in [9.17, 15) is 19.1 Å². The minimum atomic E-state index is -0.898. The zero-order chi connectivity index (χ0) is 25.5. The van der Waals surface area contributed by atoms with Crippen molar-refractivity contribution in [2.24, 2.45) is 0 Å². The molecule has 0 aromatic heterocycles. The fraction of sp³-hybridized carbons (Fsp3) is 0.241. The van der Waals surface area contributed by atoms with Gasteiger partial charge in [0.05, 0.1) is 24.3 Å². The van der Waals surface area contributed by atoms with Crippen molar-refractivity contribution in [2.75, 3.05) is 12.0 Å². The van der Waals surface area contributed by atoms with Gasteiger partial charge in [-0.3, -0.25) is 14.5 Å². The van der Waals surface area contributed by atoms with Gasteiger partial charge in [-0.2, -0.15) is 0 Å². The average Bonchev–Trinajstić information content (AvgIpc) is 3.08. The molecule has 1 aliphatic heterocycles. The Balaban J connectivity index is 2.01. The fourth-order valence-electron chi connectivity index (χ4n) is 4.39. The zero-order valence-electron chi connectivity index (χ0n) is 20.4. The molecular weight excluding hydrogens is 445 g/mol. The molecule has 1 amide bonds. The van der Waals surface area contributed by atoms with Crippen LogP contribution in [0.5, 0.6) is 5.75 Å². The van der Waals surface area contributed by atoms with Crippen molar-refractivity contribution in [3.63, 3.8) is 0 Å². The van der Waals surface area contributed by atoms with E-state index in [1.54, 1.807) is 12.1 Å². The molecule has 0 spiro atoms. The first kappa shape index (κ1) is 24.2. The smallest absolute Gasteiger partial charge is 0.300 e. The predicted octanol–water partition coefficient (Wildman–Crippen LogP) is 6.07. The maximum Gasteiger partial charge on any atom is 0.300 e. The lowest BCUT2D eigenvalue weighted by molar-refractivity contribution is -0.132. The van der Waals surface area contributed by atoms with Crippen LogP contribution in [0.4, 0.5) is 10.1 Å². The molecule has 1 saturated heterocycles. The fourth-order valence-corrected chi connectivity index (χ4v) is 4.39. The Morgan fingerprint density at radius 2 is 1.66 bits per heavy atom. The number of carbonyl (C=O) groups is 2. The molecular formula is C29H28FNO4. The first-order valence-corrected chi connectivity index (χ1v) is 11.4. The summed E-state index contributed by atoms with van der Waals surface area (Å²) >= 11 is 0. The number of Topliss-reactive ketones (excluding diaryl/α,β-unsaturated/α-hetero) is 1. The number of ether oxygens (including phenoxy) is 1. The second-order valence-corrected chi connectivity index (χ2v) is 9.67. The van der Waals surface area contributed by atoms with Crippen molar-refractivity contribution in [3.8, 4) is 5.75 Å². The zero-order valence-corrected chi connectivity index (χ0v) is 20.4. The van der Waals surface area contributed by atoms with E-state index in [-0.39, 0.29) is 16.7 Å². The Labute approximate surface area is 204 Å². The van der Waals surface area contributed by atoms with Gasteiger partial charge in [-0.05, 0) is 65.4 Å². The monoisotopic (exact) mass is 473 g/mol. The molecule has 0 saturated carbocycles. The highest BCUT2D eigenvalue weighted by Crippen LogP contribution is 2.44. The summed E-state index contributed by atoms with van der Waals surface area (Å²) in [7, 11) is 1.48. The van der Waals surface area contributed by atoms with Crippen molar-refractivity contribution in [2.45, 2.75) is 39.2 Å². The molecule has 1 unspecified atom stereocenters. The molecule has 4 rings (SSSR count). The highest BCUT2D eigenvalue weighted by atomic mass is 19.1. The van der Waals surface area contributed by atoms with Gasteiger partial charge in [0.2, 0.25) is 0 Å². The summed E-state index contributed by atoms with van der Waals surface area (Å²) in [6, 6.07) is 17.3. The number of aliphatic hydroxyl groups excluding tert-OH is 1.